The Balaban J connectivity index is 2.33. The molecule has 0 spiro atoms. The van der Waals surface area contributed by atoms with E-state index in [-0.39, 0.29) is 25.9 Å². The van der Waals surface area contributed by atoms with E-state index in [1.54, 1.807) is 20.8 Å². The maximum absolute atomic E-state index is 13.4. The molecule has 0 saturated carbocycles. The summed E-state index contributed by atoms with van der Waals surface area (Å²) in [5, 5.41) is 11.4. The molecule has 1 amide bonds. The van der Waals surface area contributed by atoms with E-state index in [2.05, 4.69) is 0 Å². The molecule has 1 aromatic carbocycles. The van der Waals surface area contributed by atoms with Crippen LogP contribution < -0.4 is 0 Å². The average molecular weight is 410 g/mol. The van der Waals surface area contributed by atoms with E-state index in [1.165, 1.54) is 36.3 Å². The SMILES string of the molecule is COC(=O)C1(C(C[N+](=O)[O-])c2ccc(F)cc2)CCN(C(=O)OC(C)(C)C)CC1. The molecule has 1 aromatic rings. The highest BCUT2D eigenvalue weighted by Gasteiger charge is 2.52. The van der Waals surface area contributed by atoms with Crippen LogP contribution in [0.4, 0.5) is 9.18 Å². The van der Waals surface area contributed by atoms with Crippen molar-refractivity contribution in [2.24, 2.45) is 5.41 Å². The molecule has 1 atom stereocenters. The van der Waals surface area contributed by atoms with Gasteiger partial charge in [-0.3, -0.25) is 14.9 Å². The number of esters is 1. The van der Waals surface area contributed by atoms with Gasteiger partial charge in [-0.2, -0.15) is 0 Å². The third-order valence-corrected chi connectivity index (χ3v) is 5.17. The second-order valence-corrected chi connectivity index (χ2v) is 8.23. The van der Waals surface area contributed by atoms with Crippen molar-refractivity contribution >= 4 is 12.1 Å². The number of ether oxygens (including phenoxy) is 2. The van der Waals surface area contributed by atoms with E-state index < -0.39 is 46.3 Å². The summed E-state index contributed by atoms with van der Waals surface area (Å²) in [5.74, 6) is -1.86. The highest BCUT2D eigenvalue weighted by Crippen LogP contribution is 2.46. The lowest BCUT2D eigenvalue weighted by molar-refractivity contribution is -0.486. The molecular weight excluding hydrogens is 383 g/mol. The number of halogens is 1. The minimum Gasteiger partial charge on any atom is -0.469 e. The van der Waals surface area contributed by atoms with Crippen LogP contribution in [0, 0.1) is 21.3 Å². The number of carbonyl (C=O) groups is 2. The lowest BCUT2D eigenvalue weighted by atomic mass is 9.66. The molecule has 1 unspecified atom stereocenters. The zero-order valence-corrected chi connectivity index (χ0v) is 17.1. The van der Waals surface area contributed by atoms with Crippen molar-refractivity contribution in [3.05, 3.63) is 45.8 Å². The molecule has 160 valence electrons. The third-order valence-electron chi connectivity index (χ3n) is 5.17. The maximum Gasteiger partial charge on any atom is 0.410 e. The minimum absolute atomic E-state index is 0.175. The first-order valence-corrected chi connectivity index (χ1v) is 9.42. The lowest BCUT2D eigenvalue weighted by Gasteiger charge is -2.43. The number of piperidine rings is 1. The van der Waals surface area contributed by atoms with Crippen LogP contribution in [0.15, 0.2) is 24.3 Å². The summed E-state index contributed by atoms with van der Waals surface area (Å²) >= 11 is 0. The second-order valence-electron chi connectivity index (χ2n) is 8.23. The van der Waals surface area contributed by atoms with Crippen molar-refractivity contribution in [2.45, 2.75) is 45.1 Å². The number of rotatable bonds is 5. The number of hydrogen-bond donors (Lipinski definition) is 0. The first-order chi connectivity index (χ1) is 13.5. The normalized spacial score (nSPS) is 17.3. The second kappa shape index (κ2) is 8.75. The van der Waals surface area contributed by atoms with Crippen LogP contribution in [0.2, 0.25) is 0 Å². The molecular formula is C20H27FN2O6. The van der Waals surface area contributed by atoms with E-state index >= 15 is 0 Å². The number of likely N-dealkylation sites (tertiary alicyclic amines) is 1. The molecule has 1 aliphatic rings. The van der Waals surface area contributed by atoms with Gasteiger partial charge in [-0.1, -0.05) is 12.1 Å². The Morgan fingerprint density at radius 2 is 1.79 bits per heavy atom. The molecule has 29 heavy (non-hydrogen) atoms. The molecule has 1 aliphatic heterocycles. The third kappa shape index (κ3) is 5.42. The lowest BCUT2D eigenvalue weighted by Crippen LogP contribution is -2.51. The number of carbonyl (C=O) groups excluding carboxylic acids is 2. The fourth-order valence-corrected chi connectivity index (χ4v) is 3.76. The van der Waals surface area contributed by atoms with Crippen LogP contribution in [0.1, 0.15) is 45.1 Å². The number of benzene rings is 1. The Bertz CT molecular complexity index is 751. The topological polar surface area (TPSA) is 99.0 Å². The minimum atomic E-state index is -1.20. The van der Waals surface area contributed by atoms with Gasteiger partial charge in [0.15, 0.2) is 0 Å². The summed E-state index contributed by atoms with van der Waals surface area (Å²) in [6.07, 6.45) is -0.146. The first kappa shape index (κ1) is 22.6. The summed E-state index contributed by atoms with van der Waals surface area (Å²) in [4.78, 5) is 37.5. The summed E-state index contributed by atoms with van der Waals surface area (Å²) in [6.45, 7) is 5.16. The van der Waals surface area contributed by atoms with Crippen molar-refractivity contribution < 1.29 is 28.4 Å². The number of hydrogen-bond acceptors (Lipinski definition) is 6. The summed E-state index contributed by atoms with van der Waals surface area (Å²) in [5.41, 5.74) is -1.37. The standard InChI is InChI=1S/C20H27FN2O6/c1-19(2,3)29-18(25)22-11-9-20(10-12-22,17(24)28-4)16(13-23(26)27)14-5-7-15(21)8-6-14/h5-8,16H,9-13H2,1-4H3. The van der Waals surface area contributed by atoms with E-state index in [0.29, 0.717) is 5.56 Å². The number of methoxy groups -OCH3 is 1. The van der Waals surface area contributed by atoms with E-state index in [0.717, 1.165) is 0 Å². The summed E-state index contributed by atoms with van der Waals surface area (Å²) in [7, 11) is 1.23. The van der Waals surface area contributed by atoms with Gasteiger partial charge >= 0.3 is 12.1 Å². The highest BCUT2D eigenvalue weighted by molar-refractivity contribution is 5.79. The molecule has 0 aliphatic carbocycles. The van der Waals surface area contributed by atoms with Crippen molar-refractivity contribution in [1.82, 2.24) is 4.90 Å². The van der Waals surface area contributed by atoms with Crippen molar-refractivity contribution in [1.29, 1.82) is 0 Å². The molecule has 9 heteroatoms. The zero-order chi connectivity index (χ0) is 21.8. The molecule has 2 rings (SSSR count). The van der Waals surface area contributed by atoms with E-state index in [1.807, 2.05) is 0 Å². The van der Waals surface area contributed by atoms with Crippen LogP contribution in [0.5, 0.6) is 0 Å². The Labute approximate surface area is 169 Å². The summed E-state index contributed by atoms with van der Waals surface area (Å²) in [6, 6.07) is 5.33. The monoisotopic (exact) mass is 410 g/mol. The molecule has 1 saturated heterocycles. The number of nitrogens with zero attached hydrogens (tertiary/aromatic N) is 2. The van der Waals surface area contributed by atoms with Gasteiger partial charge in [-0.25, -0.2) is 9.18 Å². The Morgan fingerprint density at radius 1 is 1.24 bits per heavy atom. The van der Waals surface area contributed by atoms with Gasteiger partial charge in [0.05, 0.1) is 18.4 Å². The van der Waals surface area contributed by atoms with Crippen LogP contribution in [0.25, 0.3) is 0 Å². The predicted molar refractivity (Wildman–Crippen MR) is 102 cm³/mol. The summed E-state index contributed by atoms with van der Waals surface area (Å²) < 4.78 is 23.7. The highest BCUT2D eigenvalue weighted by atomic mass is 19.1. The Hall–Kier alpha value is -2.71. The fourth-order valence-electron chi connectivity index (χ4n) is 3.76. The fraction of sp³-hybridized carbons (Fsp3) is 0.600. The average Bonchev–Trinajstić information content (AvgIpc) is 2.65. The number of amides is 1. The molecule has 8 nitrogen and oxygen atoms in total. The van der Waals surface area contributed by atoms with Crippen LogP contribution >= 0.6 is 0 Å². The van der Waals surface area contributed by atoms with Crippen molar-refractivity contribution in [2.75, 3.05) is 26.7 Å². The van der Waals surface area contributed by atoms with Crippen LogP contribution in [0.3, 0.4) is 0 Å². The molecule has 0 N–H and O–H groups in total. The van der Waals surface area contributed by atoms with Gasteiger partial charge in [0.2, 0.25) is 6.54 Å². The molecule has 0 radical (unpaired) electrons. The maximum atomic E-state index is 13.4. The van der Waals surface area contributed by atoms with Gasteiger partial charge in [0.25, 0.3) is 0 Å². The first-order valence-electron chi connectivity index (χ1n) is 9.42. The van der Waals surface area contributed by atoms with Gasteiger partial charge < -0.3 is 14.4 Å². The molecule has 0 bridgehead atoms. The predicted octanol–water partition coefficient (Wildman–Crippen LogP) is 3.38. The van der Waals surface area contributed by atoms with Crippen LogP contribution in [-0.2, 0) is 14.3 Å². The van der Waals surface area contributed by atoms with E-state index in [4.69, 9.17) is 9.47 Å². The Kier molecular flexibility index (Phi) is 6.81. The Morgan fingerprint density at radius 3 is 2.24 bits per heavy atom. The van der Waals surface area contributed by atoms with Crippen LogP contribution in [-0.4, -0.2) is 54.2 Å². The molecule has 0 aromatic heterocycles. The molecule has 1 heterocycles. The van der Waals surface area contributed by atoms with Crippen molar-refractivity contribution in [3.8, 4) is 0 Å². The van der Waals surface area contributed by atoms with Gasteiger partial charge in [-0.05, 0) is 51.3 Å². The van der Waals surface area contributed by atoms with Gasteiger partial charge in [0, 0.05) is 18.0 Å². The zero-order valence-electron chi connectivity index (χ0n) is 17.1. The van der Waals surface area contributed by atoms with E-state index in [9.17, 15) is 24.1 Å². The van der Waals surface area contributed by atoms with Gasteiger partial charge in [-0.15, -0.1) is 0 Å². The molecule has 1 fully saturated rings. The smallest absolute Gasteiger partial charge is 0.410 e. The van der Waals surface area contributed by atoms with Gasteiger partial charge in [0.1, 0.15) is 11.4 Å². The quantitative estimate of drug-likeness (QED) is 0.419. The number of nitro groups is 1. The van der Waals surface area contributed by atoms with Crippen molar-refractivity contribution in [3.63, 3.8) is 0 Å². The largest absolute Gasteiger partial charge is 0.469 e.